The van der Waals surface area contributed by atoms with E-state index in [0.717, 1.165) is 12.8 Å². The van der Waals surface area contributed by atoms with Gasteiger partial charge in [0.1, 0.15) is 5.69 Å². The summed E-state index contributed by atoms with van der Waals surface area (Å²) in [6.07, 6.45) is 3.34. The summed E-state index contributed by atoms with van der Waals surface area (Å²) >= 11 is 0. The first-order valence-electron chi connectivity index (χ1n) is 7.23. The Hall–Kier alpha value is -1.78. The lowest BCUT2D eigenvalue weighted by molar-refractivity contribution is -0.385. The third-order valence-corrected chi connectivity index (χ3v) is 3.47. The van der Waals surface area contributed by atoms with E-state index in [-0.39, 0.29) is 16.7 Å². The highest BCUT2D eigenvalue weighted by molar-refractivity contribution is 5.69. The normalized spacial score (nSPS) is 20.8. The molecule has 1 saturated carbocycles. The second-order valence-electron chi connectivity index (χ2n) is 5.61. The molecule has 2 rings (SSSR count). The van der Waals surface area contributed by atoms with Crippen LogP contribution >= 0.6 is 0 Å². The van der Waals surface area contributed by atoms with Crippen molar-refractivity contribution in [3.05, 3.63) is 28.3 Å². The molecule has 1 aromatic rings. The molecule has 2 atom stereocenters. The van der Waals surface area contributed by atoms with E-state index < -0.39 is 0 Å². The molecular formula is C15H22N2O3. The van der Waals surface area contributed by atoms with E-state index in [1.807, 2.05) is 13.8 Å². The SMILES string of the molecule is CCCC1CC1Nc1cccc(OC(C)C)c1[N+](=O)[O-]. The summed E-state index contributed by atoms with van der Waals surface area (Å²) in [7, 11) is 0. The number of hydrogen-bond donors (Lipinski definition) is 1. The van der Waals surface area contributed by atoms with Crippen molar-refractivity contribution in [1.29, 1.82) is 0 Å². The third kappa shape index (κ3) is 3.40. The number of rotatable bonds is 7. The number of hydrogen-bond acceptors (Lipinski definition) is 4. The first-order valence-corrected chi connectivity index (χ1v) is 7.23. The molecular weight excluding hydrogens is 256 g/mol. The average molecular weight is 278 g/mol. The van der Waals surface area contributed by atoms with E-state index >= 15 is 0 Å². The molecule has 0 amide bonds. The zero-order chi connectivity index (χ0) is 14.7. The molecule has 110 valence electrons. The van der Waals surface area contributed by atoms with E-state index in [0.29, 0.717) is 23.4 Å². The highest BCUT2D eigenvalue weighted by Gasteiger charge is 2.37. The summed E-state index contributed by atoms with van der Waals surface area (Å²) in [5, 5.41) is 14.6. The van der Waals surface area contributed by atoms with Gasteiger partial charge in [-0.2, -0.15) is 0 Å². The highest BCUT2D eigenvalue weighted by Crippen LogP contribution is 2.41. The maximum absolute atomic E-state index is 11.3. The Morgan fingerprint density at radius 2 is 2.25 bits per heavy atom. The van der Waals surface area contributed by atoms with Crippen LogP contribution in [0.3, 0.4) is 0 Å². The summed E-state index contributed by atoms with van der Waals surface area (Å²) in [6.45, 7) is 5.89. The summed E-state index contributed by atoms with van der Waals surface area (Å²) < 4.78 is 5.54. The molecule has 0 aliphatic heterocycles. The van der Waals surface area contributed by atoms with Gasteiger partial charge in [0, 0.05) is 6.04 Å². The summed E-state index contributed by atoms with van der Waals surface area (Å²) in [4.78, 5) is 11.0. The van der Waals surface area contributed by atoms with E-state index in [1.54, 1.807) is 18.2 Å². The zero-order valence-electron chi connectivity index (χ0n) is 12.3. The van der Waals surface area contributed by atoms with Gasteiger partial charge in [-0.15, -0.1) is 0 Å². The Morgan fingerprint density at radius 1 is 1.50 bits per heavy atom. The topological polar surface area (TPSA) is 64.4 Å². The molecule has 1 N–H and O–H groups in total. The molecule has 1 aliphatic rings. The minimum Gasteiger partial charge on any atom is -0.484 e. The number of ether oxygens (including phenoxy) is 1. The molecule has 0 spiro atoms. The van der Waals surface area contributed by atoms with Crippen molar-refractivity contribution in [2.24, 2.45) is 5.92 Å². The van der Waals surface area contributed by atoms with Crippen LogP contribution < -0.4 is 10.1 Å². The van der Waals surface area contributed by atoms with Crippen molar-refractivity contribution in [2.75, 3.05) is 5.32 Å². The second-order valence-corrected chi connectivity index (χ2v) is 5.61. The van der Waals surface area contributed by atoms with Gasteiger partial charge in [-0.25, -0.2) is 0 Å². The van der Waals surface area contributed by atoms with Gasteiger partial charge in [-0.3, -0.25) is 10.1 Å². The van der Waals surface area contributed by atoms with Gasteiger partial charge < -0.3 is 10.1 Å². The van der Waals surface area contributed by atoms with Gasteiger partial charge in [-0.05, 0) is 44.7 Å². The van der Waals surface area contributed by atoms with Crippen molar-refractivity contribution in [1.82, 2.24) is 0 Å². The fourth-order valence-electron chi connectivity index (χ4n) is 2.49. The predicted molar refractivity (Wildman–Crippen MR) is 79.3 cm³/mol. The molecule has 1 fully saturated rings. The van der Waals surface area contributed by atoms with Crippen molar-refractivity contribution in [2.45, 2.75) is 52.2 Å². The van der Waals surface area contributed by atoms with E-state index in [1.165, 1.54) is 6.42 Å². The van der Waals surface area contributed by atoms with E-state index in [9.17, 15) is 10.1 Å². The fraction of sp³-hybridized carbons (Fsp3) is 0.600. The summed E-state index contributed by atoms with van der Waals surface area (Å²) in [5.41, 5.74) is 0.611. The van der Waals surface area contributed by atoms with Gasteiger partial charge in [0.15, 0.2) is 5.75 Å². The summed E-state index contributed by atoms with van der Waals surface area (Å²) in [6, 6.07) is 5.57. The monoisotopic (exact) mass is 278 g/mol. The van der Waals surface area contributed by atoms with Gasteiger partial charge in [0.05, 0.1) is 11.0 Å². The minimum absolute atomic E-state index is 0.0448. The van der Waals surface area contributed by atoms with Crippen LogP contribution in [-0.2, 0) is 0 Å². The highest BCUT2D eigenvalue weighted by atomic mass is 16.6. The molecule has 0 radical (unpaired) electrons. The van der Waals surface area contributed by atoms with Crippen LogP contribution in [0.25, 0.3) is 0 Å². The van der Waals surface area contributed by atoms with Gasteiger partial charge in [0.25, 0.3) is 0 Å². The van der Waals surface area contributed by atoms with Crippen LogP contribution in [0.1, 0.15) is 40.0 Å². The Kier molecular flexibility index (Phi) is 4.47. The molecule has 1 aromatic carbocycles. The second kappa shape index (κ2) is 6.11. The quantitative estimate of drug-likeness (QED) is 0.605. The Bertz CT molecular complexity index is 488. The maximum atomic E-state index is 11.3. The number of nitro benzene ring substituents is 1. The predicted octanol–water partition coefficient (Wildman–Crippen LogP) is 3.98. The fourth-order valence-corrected chi connectivity index (χ4v) is 2.49. The first kappa shape index (κ1) is 14.6. The lowest BCUT2D eigenvalue weighted by Gasteiger charge is -2.13. The molecule has 0 saturated heterocycles. The van der Waals surface area contributed by atoms with Crippen LogP contribution in [0, 0.1) is 16.0 Å². The molecule has 0 aromatic heterocycles. The van der Waals surface area contributed by atoms with Crippen molar-refractivity contribution < 1.29 is 9.66 Å². The smallest absolute Gasteiger partial charge is 0.333 e. The zero-order valence-corrected chi connectivity index (χ0v) is 12.3. The van der Waals surface area contributed by atoms with Crippen LogP contribution in [0.2, 0.25) is 0 Å². The Labute approximate surface area is 119 Å². The van der Waals surface area contributed by atoms with Crippen LogP contribution in [-0.4, -0.2) is 17.1 Å². The molecule has 0 heterocycles. The Morgan fingerprint density at radius 3 is 2.85 bits per heavy atom. The van der Waals surface area contributed by atoms with Gasteiger partial charge in [0.2, 0.25) is 0 Å². The number of nitrogens with zero attached hydrogens (tertiary/aromatic N) is 1. The van der Waals surface area contributed by atoms with Crippen molar-refractivity contribution in [3.8, 4) is 5.75 Å². The number of para-hydroxylation sites is 1. The number of benzene rings is 1. The number of nitrogens with one attached hydrogen (secondary N) is 1. The lowest BCUT2D eigenvalue weighted by atomic mass is 10.2. The summed E-state index contributed by atoms with van der Waals surface area (Å²) in [5.74, 6) is 0.983. The standard InChI is InChI=1S/C15H22N2O3/c1-4-6-11-9-13(11)16-12-7-5-8-14(20-10(2)3)15(12)17(18)19/h5,7-8,10-11,13,16H,4,6,9H2,1-3H3. The molecule has 5 heteroatoms. The van der Waals surface area contributed by atoms with E-state index in [2.05, 4.69) is 12.2 Å². The average Bonchev–Trinajstić information content (AvgIpc) is 3.06. The van der Waals surface area contributed by atoms with Gasteiger partial charge in [-0.1, -0.05) is 19.4 Å². The molecule has 1 aliphatic carbocycles. The van der Waals surface area contributed by atoms with Crippen LogP contribution in [0.15, 0.2) is 18.2 Å². The van der Waals surface area contributed by atoms with Crippen LogP contribution in [0.4, 0.5) is 11.4 Å². The Balaban J connectivity index is 2.17. The largest absolute Gasteiger partial charge is 0.484 e. The molecule has 20 heavy (non-hydrogen) atoms. The molecule has 5 nitrogen and oxygen atoms in total. The maximum Gasteiger partial charge on any atom is 0.333 e. The van der Waals surface area contributed by atoms with Gasteiger partial charge >= 0.3 is 5.69 Å². The first-order chi connectivity index (χ1) is 9.52. The van der Waals surface area contributed by atoms with Crippen molar-refractivity contribution in [3.63, 3.8) is 0 Å². The number of nitro groups is 1. The van der Waals surface area contributed by atoms with Crippen LogP contribution in [0.5, 0.6) is 5.75 Å². The third-order valence-electron chi connectivity index (χ3n) is 3.47. The molecule has 2 unspecified atom stereocenters. The van der Waals surface area contributed by atoms with Crippen molar-refractivity contribution >= 4 is 11.4 Å². The lowest BCUT2D eigenvalue weighted by Crippen LogP contribution is -2.11. The van der Waals surface area contributed by atoms with E-state index in [4.69, 9.17) is 4.74 Å². The minimum atomic E-state index is -0.364. The number of anilines is 1. The molecule has 0 bridgehead atoms.